The highest BCUT2D eigenvalue weighted by atomic mass is 32.2. The molecular weight excluding hydrogens is 338 g/mol. The number of hydrogen-bond acceptors (Lipinski definition) is 4. The summed E-state index contributed by atoms with van der Waals surface area (Å²) >= 11 is 0. The highest BCUT2D eigenvalue weighted by Crippen LogP contribution is 2.33. The van der Waals surface area contributed by atoms with E-state index in [1.807, 2.05) is 31.2 Å². The molecule has 0 aliphatic carbocycles. The van der Waals surface area contributed by atoms with Crippen LogP contribution in [0.1, 0.15) is 30.4 Å². The van der Waals surface area contributed by atoms with E-state index < -0.39 is 10.0 Å². The summed E-state index contributed by atoms with van der Waals surface area (Å²) < 4.78 is 38.5. The van der Waals surface area contributed by atoms with E-state index in [0.717, 1.165) is 22.6 Å². The summed E-state index contributed by atoms with van der Waals surface area (Å²) in [6.45, 7) is 5.46. The van der Waals surface area contributed by atoms with Gasteiger partial charge in [-0.2, -0.15) is 0 Å². The lowest BCUT2D eigenvalue weighted by Gasteiger charge is -2.20. The van der Waals surface area contributed by atoms with Gasteiger partial charge in [-0.15, -0.1) is 0 Å². The summed E-state index contributed by atoms with van der Waals surface area (Å²) in [5.41, 5.74) is 2.03. The fourth-order valence-electron chi connectivity index (χ4n) is 2.81. The van der Waals surface area contributed by atoms with Crippen LogP contribution in [0.4, 0.5) is 0 Å². The minimum absolute atomic E-state index is 0.205. The SMILES string of the molecule is Cc1cccc(S(=O)(=O)NCCC(C)c2ccc3c(c2)OCCO3)c1. The van der Waals surface area contributed by atoms with Gasteiger partial charge in [-0.1, -0.05) is 25.1 Å². The first-order valence-electron chi connectivity index (χ1n) is 8.41. The maximum atomic E-state index is 12.3. The first-order chi connectivity index (χ1) is 12.0. The number of benzene rings is 2. The third-order valence-corrected chi connectivity index (χ3v) is 5.76. The van der Waals surface area contributed by atoms with E-state index in [1.54, 1.807) is 18.2 Å². The molecule has 134 valence electrons. The van der Waals surface area contributed by atoms with Crippen molar-refractivity contribution < 1.29 is 17.9 Å². The minimum atomic E-state index is -3.47. The second kappa shape index (κ2) is 7.45. The van der Waals surface area contributed by atoms with Gasteiger partial charge in [-0.25, -0.2) is 13.1 Å². The summed E-state index contributed by atoms with van der Waals surface area (Å²) in [5.74, 6) is 1.73. The van der Waals surface area contributed by atoms with Gasteiger partial charge in [0.25, 0.3) is 0 Å². The van der Waals surface area contributed by atoms with Gasteiger partial charge in [0.1, 0.15) is 13.2 Å². The van der Waals surface area contributed by atoms with Crippen LogP contribution in [0.2, 0.25) is 0 Å². The van der Waals surface area contributed by atoms with E-state index in [4.69, 9.17) is 9.47 Å². The lowest BCUT2D eigenvalue weighted by atomic mass is 9.97. The molecule has 6 heteroatoms. The van der Waals surface area contributed by atoms with Crippen LogP contribution in [-0.2, 0) is 10.0 Å². The molecule has 0 saturated carbocycles. The molecule has 1 unspecified atom stereocenters. The van der Waals surface area contributed by atoms with E-state index in [0.29, 0.717) is 31.1 Å². The van der Waals surface area contributed by atoms with Crippen molar-refractivity contribution in [1.29, 1.82) is 0 Å². The Kier molecular flexibility index (Phi) is 5.30. The van der Waals surface area contributed by atoms with Crippen molar-refractivity contribution in [3.05, 3.63) is 53.6 Å². The molecule has 0 aromatic heterocycles. The monoisotopic (exact) mass is 361 g/mol. The Morgan fingerprint density at radius 1 is 1.08 bits per heavy atom. The molecule has 1 N–H and O–H groups in total. The molecule has 0 saturated heterocycles. The smallest absolute Gasteiger partial charge is 0.240 e. The van der Waals surface area contributed by atoms with Crippen LogP contribution in [0.5, 0.6) is 11.5 Å². The molecular formula is C19H23NO4S. The molecule has 0 amide bonds. The minimum Gasteiger partial charge on any atom is -0.486 e. The molecule has 1 heterocycles. The number of ether oxygens (including phenoxy) is 2. The number of hydrogen-bond donors (Lipinski definition) is 1. The second-order valence-electron chi connectivity index (χ2n) is 6.31. The van der Waals surface area contributed by atoms with Gasteiger partial charge in [0, 0.05) is 6.54 Å². The Hall–Kier alpha value is -2.05. The fourth-order valence-corrected chi connectivity index (χ4v) is 3.96. The highest BCUT2D eigenvalue weighted by Gasteiger charge is 2.17. The molecule has 0 radical (unpaired) electrons. The lowest BCUT2D eigenvalue weighted by molar-refractivity contribution is 0.171. The van der Waals surface area contributed by atoms with Gasteiger partial charge >= 0.3 is 0 Å². The second-order valence-corrected chi connectivity index (χ2v) is 8.07. The summed E-state index contributed by atoms with van der Waals surface area (Å²) in [6, 6.07) is 12.8. The van der Waals surface area contributed by atoms with Crippen molar-refractivity contribution in [2.45, 2.75) is 31.1 Å². The Balaban J connectivity index is 1.60. The standard InChI is InChI=1S/C19H23NO4S/c1-14-4-3-5-17(12-14)25(21,22)20-9-8-15(2)16-6-7-18-19(13-16)24-11-10-23-18/h3-7,12-13,15,20H,8-11H2,1-2H3. The molecule has 5 nitrogen and oxygen atoms in total. The molecule has 0 spiro atoms. The van der Waals surface area contributed by atoms with Crippen molar-refractivity contribution >= 4 is 10.0 Å². The maximum absolute atomic E-state index is 12.3. The van der Waals surface area contributed by atoms with Gasteiger partial charge in [-0.3, -0.25) is 0 Å². The normalized spacial score (nSPS) is 15.0. The molecule has 2 aromatic rings. The predicted molar refractivity (Wildman–Crippen MR) is 96.8 cm³/mol. The largest absolute Gasteiger partial charge is 0.486 e. The topological polar surface area (TPSA) is 64.6 Å². The third kappa shape index (κ3) is 4.32. The summed E-state index contributed by atoms with van der Waals surface area (Å²) in [7, 11) is -3.47. The molecule has 0 bridgehead atoms. The van der Waals surface area contributed by atoms with E-state index in [1.165, 1.54) is 0 Å². The number of fused-ring (bicyclic) bond motifs is 1. The van der Waals surface area contributed by atoms with Gasteiger partial charge < -0.3 is 9.47 Å². The van der Waals surface area contributed by atoms with Crippen LogP contribution in [0, 0.1) is 6.92 Å². The first kappa shape index (κ1) is 17.8. The Bertz CT molecular complexity index is 848. The average molecular weight is 361 g/mol. The van der Waals surface area contributed by atoms with Gasteiger partial charge in [0.15, 0.2) is 11.5 Å². The van der Waals surface area contributed by atoms with Gasteiger partial charge in [0.2, 0.25) is 10.0 Å². The molecule has 3 rings (SSSR count). The zero-order valence-corrected chi connectivity index (χ0v) is 15.3. The Morgan fingerprint density at radius 3 is 2.60 bits per heavy atom. The zero-order chi connectivity index (χ0) is 17.9. The Morgan fingerprint density at radius 2 is 1.84 bits per heavy atom. The number of aryl methyl sites for hydroxylation is 1. The van der Waals surface area contributed by atoms with Crippen LogP contribution < -0.4 is 14.2 Å². The lowest BCUT2D eigenvalue weighted by Crippen LogP contribution is -2.25. The average Bonchev–Trinajstić information content (AvgIpc) is 2.61. The quantitative estimate of drug-likeness (QED) is 0.858. The third-order valence-electron chi connectivity index (χ3n) is 4.30. The van der Waals surface area contributed by atoms with Crippen LogP contribution >= 0.6 is 0 Å². The van der Waals surface area contributed by atoms with Crippen LogP contribution in [0.25, 0.3) is 0 Å². The van der Waals surface area contributed by atoms with Crippen molar-refractivity contribution in [2.24, 2.45) is 0 Å². The molecule has 2 aromatic carbocycles. The summed E-state index contributed by atoms with van der Waals surface area (Å²) in [4.78, 5) is 0.305. The molecule has 25 heavy (non-hydrogen) atoms. The number of sulfonamides is 1. The first-order valence-corrected chi connectivity index (χ1v) is 9.90. The van der Waals surface area contributed by atoms with E-state index in [-0.39, 0.29) is 5.92 Å². The van der Waals surface area contributed by atoms with E-state index >= 15 is 0 Å². The number of nitrogens with one attached hydrogen (secondary N) is 1. The zero-order valence-electron chi connectivity index (χ0n) is 14.5. The van der Waals surface area contributed by atoms with Crippen LogP contribution in [0.15, 0.2) is 47.4 Å². The van der Waals surface area contributed by atoms with Crippen molar-refractivity contribution in [1.82, 2.24) is 4.72 Å². The summed E-state index contributed by atoms with van der Waals surface area (Å²) in [6.07, 6.45) is 0.699. The molecule has 1 aliphatic rings. The Labute approximate surface area is 149 Å². The number of rotatable bonds is 6. The van der Waals surface area contributed by atoms with Gasteiger partial charge in [-0.05, 0) is 54.7 Å². The van der Waals surface area contributed by atoms with E-state index in [9.17, 15) is 8.42 Å². The fraction of sp³-hybridized carbons (Fsp3) is 0.368. The molecule has 0 fully saturated rings. The highest BCUT2D eigenvalue weighted by molar-refractivity contribution is 7.89. The summed E-state index contributed by atoms with van der Waals surface area (Å²) in [5, 5.41) is 0. The van der Waals surface area contributed by atoms with E-state index in [2.05, 4.69) is 11.6 Å². The maximum Gasteiger partial charge on any atom is 0.240 e. The van der Waals surface area contributed by atoms with Crippen molar-refractivity contribution in [3.63, 3.8) is 0 Å². The molecule has 1 atom stereocenters. The van der Waals surface area contributed by atoms with Gasteiger partial charge in [0.05, 0.1) is 4.90 Å². The molecule has 1 aliphatic heterocycles. The van der Waals surface area contributed by atoms with Crippen LogP contribution in [-0.4, -0.2) is 28.2 Å². The predicted octanol–water partition coefficient (Wildman–Crippen LogP) is 3.24. The van der Waals surface area contributed by atoms with Crippen molar-refractivity contribution in [3.8, 4) is 11.5 Å². The van der Waals surface area contributed by atoms with Crippen LogP contribution in [0.3, 0.4) is 0 Å². The van der Waals surface area contributed by atoms with Crippen molar-refractivity contribution in [2.75, 3.05) is 19.8 Å².